The molecule has 5 nitrogen and oxygen atoms in total. The minimum atomic E-state index is -0.969. The van der Waals surface area contributed by atoms with E-state index >= 15 is 0 Å². The number of carbonyl (C=O) groups is 1. The standard InChI is InChI=1S/C15H16N2O3/c1-2-20-14-7-5-12(6-8-14)17-10-13-4-3-11(9-16-13)15(18)19/h3-9,17H,2,10H2,1H3,(H,18,19). The van der Waals surface area contributed by atoms with Crippen LogP contribution in [0.3, 0.4) is 0 Å². The van der Waals surface area contributed by atoms with Crippen molar-refractivity contribution in [1.82, 2.24) is 4.98 Å². The second-order valence-corrected chi connectivity index (χ2v) is 4.15. The van der Waals surface area contributed by atoms with E-state index in [1.54, 1.807) is 12.1 Å². The molecule has 0 aliphatic rings. The smallest absolute Gasteiger partial charge is 0.337 e. The summed E-state index contributed by atoms with van der Waals surface area (Å²) < 4.78 is 5.36. The molecule has 0 bridgehead atoms. The third-order valence-corrected chi connectivity index (χ3v) is 2.71. The van der Waals surface area contributed by atoms with Crippen molar-refractivity contribution in [3.05, 3.63) is 53.9 Å². The van der Waals surface area contributed by atoms with Crippen LogP contribution >= 0.6 is 0 Å². The molecule has 0 unspecified atom stereocenters. The first-order chi connectivity index (χ1) is 9.69. The average Bonchev–Trinajstić information content (AvgIpc) is 2.47. The maximum atomic E-state index is 10.7. The molecule has 20 heavy (non-hydrogen) atoms. The largest absolute Gasteiger partial charge is 0.494 e. The maximum Gasteiger partial charge on any atom is 0.337 e. The monoisotopic (exact) mass is 272 g/mol. The van der Waals surface area contributed by atoms with Crippen molar-refractivity contribution in [2.24, 2.45) is 0 Å². The van der Waals surface area contributed by atoms with E-state index in [9.17, 15) is 4.79 Å². The minimum Gasteiger partial charge on any atom is -0.494 e. The Labute approximate surface area is 117 Å². The number of ether oxygens (including phenoxy) is 1. The molecule has 104 valence electrons. The van der Waals surface area contributed by atoms with E-state index in [0.29, 0.717) is 13.2 Å². The van der Waals surface area contributed by atoms with Crippen LogP contribution in [0.1, 0.15) is 23.0 Å². The molecule has 0 aliphatic heterocycles. The Morgan fingerprint density at radius 1 is 1.25 bits per heavy atom. The summed E-state index contributed by atoms with van der Waals surface area (Å²) >= 11 is 0. The van der Waals surface area contributed by atoms with Crippen LogP contribution in [0, 0.1) is 0 Å². The van der Waals surface area contributed by atoms with Crippen LogP contribution < -0.4 is 10.1 Å². The molecule has 0 amide bonds. The van der Waals surface area contributed by atoms with Gasteiger partial charge in [-0.1, -0.05) is 0 Å². The molecule has 2 aromatic rings. The predicted molar refractivity (Wildman–Crippen MR) is 76.1 cm³/mol. The van der Waals surface area contributed by atoms with E-state index in [1.807, 2.05) is 31.2 Å². The van der Waals surface area contributed by atoms with Crippen molar-refractivity contribution < 1.29 is 14.6 Å². The summed E-state index contributed by atoms with van der Waals surface area (Å²) in [5, 5.41) is 12.0. The van der Waals surface area contributed by atoms with E-state index in [0.717, 1.165) is 17.1 Å². The molecule has 0 radical (unpaired) electrons. The lowest BCUT2D eigenvalue weighted by molar-refractivity contribution is 0.0696. The number of anilines is 1. The molecule has 2 rings (SSSR count). The van der Waals surface area contributed by atoms with Crippen LogP contribution in [0.2, 0.25) is 0 Å². The van der Waals surface area contributed by atoms with Crippen LogP contribution in [-0.4, -0.2) is 22.7 Å². The Kier molecular flexibility index (Phi) is 4.55. The summed E-state index contributed by atoms with van der Waals surface area (Å²) in [5.74, 6) is -0.134. The Morgan fingerprint density at radius 3 is 2.55 bits per heavy atom. The summed E-state index contributed by atoms with van der Waals surface area (Å²) in [7, 11) is 0. The molecule has 0 saturated carbocycles. The predicted octanol–water partition coefficient (Wildman–Crippen LogP) is 2.79. The topological polar surface area (TPSA) is 71.5 Å². The third-order valence-electron chi connectivity index (χ3n) is 2.71. The van der Waals surface area contributed by atoms with E-state index in [-0.39, 0.29) is 5.56 Å². The van der Waals surface area contributed by atoms with Gasteiger partial charge in [0.15, 0.2) is 0 Å². The summed E-state index contributed by atoms with van der Waals surface area (Å²) in [6.45, 7) is 3.12. The highest BCUT2D eigenvalue weighted by Crippen LogP contribution is 2.16. The van der Waals surface area contributed by atoms with Gasteiger partial charge >= 0.3 is 5.97 Å². The summed E-state index contributed by atoms with van der Waals surface area (Å²) in [5.41, 5.74) is 1.93. The van der Waals surface area contributed by atoms with Gasteiger partial charge in [0.05, 0.1) is 24.4 Å². The lowest BCUT2D eigenvalue weighted by Crippen LogP contribution is -2.03. The van der Waals surface area contributed by atoms with Crippen molar-refractivity contribution in [1.29, 1.82) is 0 Å². The van der Waals surface area contributed by atoms with E-state index < -0.39 is 5.97 Å². The first kappa shape index (κ1) is 13.9. The highest BCUT2D eigenvalue weighted by atomic mass is 16.5. The Morgan fingerprint density at radius 2 is 2.00 bits per heavy atom. The van der Waals surface area contributed by atoms with Crippen molar-refractivity contribution in [3.63, 3.8) is 0 Å². The molecule has 1 aromatic carbocycles. The van der Waals surface area contributed by atoms with Gasteiger partial charge in [-0.2, -0.15) is 0 Å². The Hall–Kier alpha value is -2.56. The SMILES string of the molecule is CCOc1ccc(NCc2ccc(C(=O)O)cn2)cc1. The van der Waals surface area contributed by atoms with Gasteiger partial charge in [-0.15, -0.1) is 0 Å². The van der Waals surface area contributed by atoms with Crippen molar-refractivity contribution in [2.45, 2.75) is 13.5 Å². The first-order valence-corrected chi connectivity index (χ1v) is 6.34. The molecule has 0 aliphatic carbocycles. The fraction of sp³-hybridized carbons (Fsp3) is 0.200. The van der Waals surface area contributed by atoms with E-state index in [4.69, 9.17) is 9.84 Å². The lowest BCUT2D eigenvalue weighted by Gasteiger charge is -2.07. The fourth-order valence-electron chi connectivity index (χ4n) is 1.68. The van der Waals surface area contributed by atoms with Crippen molar-refractivity contribution in [2.75, 3.05) is 11.9 Å². The number of nitrogens with one attached hydrogen (secondary N) is 1. The van der Waals surface area contributed by atoms with Crippen LogP contribution in [-0.2, 0) is 6.54 Å². The lowest BCUT2D eigenvalue weighted by atomic mass is 10.2. The van der Waals surface area contributed by atoms with Crippen molar-refractivity contribution >= 4 is 11.7 Å². The first-order valence-electron chi connectivity index (χ1n) is 6.34. The molecule has 0 saturated heterocycles. The van der Waals surface area contributed by atoms with Gasteiger partial charge in [0.25, 0.3) is 0 Å². The molecule has 1 heterocycles. The Bertz CT molecular complexity index is 565. The van der Waals surface area contributed by atoms with Gasteiger partial charge in [-0.3, -0.25) is 4.98 Å². The quantitative estimate of drug-likeness (QED) is 0.846. The zero-order valence-electron chi connectivity index (χ0n) is 11.2. The normalized spacial score (nSPS) is 10.1. The molecule has 5 heteroatoms. The number of pyridine rings is 1. The molecule has 0 atom stereocenters. The van der Waals surface area contributed by atoms with Gasteiger partial charge in [-0.05, 0) is 43.3 Å². The van der Waals surface area contributed by atoms with E-state index in [1.165, 1.54) is 6.20 Å². The zero-order chi connectivity index (χ0) is 14.4. The fourth-order valence-corrected chi connectivity index (χ4v) is 1.68. The third kappa shape index (κ3) is 3.71. The summed E-state index contributed by atoms with van der Waals surface area (Å²) in [6, 6.07) is 10.9. The maximum absolute atomic E-state index is 10.7. The number of carboxylic acid groups (broad SMARTS) is 1. The van der Waals surface area contributed by atoms with Crippen molar-refractivity contribution in [3.8, 4) is 5.75 Å². The van der Waals surface area contributed by atoms with Crippen LogP contribution in [0.5, 0.6) is 5.75 Å². The minimum absolute atomic E-state index is 0.190. The number of aromatic nitrogens is 1. The van der Waals surface area contributed by atoms with Gasteiger partial charge in [0, 0.05) is 11.9 Å². The second-order valence-electron chi connectivity index (χ2n) is 4.15. The Balaban J connectivity index is 1.92. The van der Waals surface area contributed by atoms with Gasteiger partial charge in [-0.25, -0.2) is 4.79 Å². The molecule has 2 N–H and O–H groups in total. The van der Waals surface area contributed by atoms with E-state index in [2.05, 4.69) is 10.3 Å². The molecular weight excluding hydrogens is 256 g/mol. The number of rotatable bonds is 6. The van der Waals surface area contributed by atoms with Crippen LogP contribution in [0.25, 0.3) is 0 Å². The van der Waals surface area contributed by atoms with Crippen LogP contribution in [0.4, 0.5) is 5.69 Å². The van der Waals surface area contributed by atoms with Gasteiger partial charge < -0.3 is 15.2 Å². The number of hydrogen-bond acceptors (Lipinski definition) is 4. The summed E-state index contributed by atoms with van der Waals surface area (Å²) in [4.78, 5) is 14.8. The molecule has 0 fully saturated rings. The average molecular weight is 272 g/mol. The number of aromatic carboxylic acids is 1. The number of nitrogens with zero attached hydrogens (tertiary/aromatic N) is 1. The molecular formula is C15H16N2O3. The molecule has 1 aromatic heterocycles. The number of hydrogen-bond donors (Lipinski definition) is 2. The summed E-state index contributed by atoms with van der Waals surface area (Å²) in [6.07, 6.45) is 1.36. The zero-order valence-corrected chi connectivity index (χ0v) is 11.2. The van der Waals surface area contributed by atoms with Gasteiger partial charge in [0.2, 0.25) is 0 Å². The number of carboxylic acids is 1. The molecule has 0 spiro atoms. The van der Waals surface area contributed by atoms with Crippen LogP contribution in [0.15, 0.2) is 42.6 Å². The highest BCUT2D eigenvalue weighted by molar-refractivity contribution is 5.87. The second kappa shape index (κ2) is 6.56. The number of benzene rings is 1. The highest BCUT2D eigenvalue weighted by Gasteiger charge is 2.02. The van der Waals surface area contributed by atoms with Gasteiger partial charge in [0.1, 0.15) is 5.75 Å².